The van der Waals surface area contributed by atoms with E-state index < -0.39 is 0 Å². The van der Waals surface area contributed by atoms with Crippen molar-refractivity contribution in [3.63, 3.8) is 0 Å². The van der Waals surface area contributed by atoms with Gasteiger partial charge >= 0.3 is 0 Å². The Morgan fingerprint density at radius 2 is 1.95 bits per heavy atom. The molecule has 2 rings (SSSR count). The van der Waals surface area contributed by atoms with Crippen molar-refractivity contribution in [2.24, 2.45) is 11.3 Å². The molecule has 0 radical (unpaired) electrons. The first-order valence-electron chi connectivity index (χ1n) is 7.38. The van der Waals surface area contributed by atoms with Gasteiger partial charge in [-0.3, -0.25) is 0 Å². The molecule has 1 N–H and O–H groups in total. The van der Waals surface area contributed by atoms with Crippen molar-refractivity contribution in [3.8, 4) is 6.07 Å². The molecular formula is C17H23BrN2. The normalized spacial score (nSPS) is 23.1. The number of anilines is 1. The van der Waals surface area contributed by atoms with E-state index in [4.69, 9.17) is 5.26 Å². The first kappa shape index (κ1) is 15.4. The van der Waals surface area contributed by atoms with Crippen LogP contribution in [0.25, 0.3) is 0 Å². The van der Waals surface area contributed by atoms with Gasteiger partial charge < -0.3 is 5.32 Å². The van der Waals surface area contributed by atoms with Gasteiger partial charge in [-0.15, -0.1) is 0 Å². The van der Waals surface area contributed by atoms with Crippen molar-refractivity contribution in [1.29, 1.82) is 5.26 Å². The quantitative estimate of drug-likeness (QED) is 0.792. The Bertz CT molecular complexity index is 511. The molecule has 0 amide bonds. The molecule has 20 heavy (non-hydrogen) atoms. The summed E-state index contributed by atoms with van der Waals surface area (Å²) < 4.78 is 0.981. The molecule has 108 valence electrons. The molecule has 1 aliphatic rings. The third-order valence-corrected chi connectivity index (χ3v) is 4.97. The van der Waals surface area contributed by atoms with E-state index in [0.717, 1.165) is 10.2 Å². The molecule has 0 aromatic heterocycles. The van der Waals surface area contributed by atoms with Crippen molar-refractivity contribution in [1.82, 2.24) is 0 Å². The van der Waals surface area contributed by atoms with Crippen molar-refractivity contribution in [3.05, 3.63) is 28.2 Å². The summed E-state index contributed by atoms with van der Waals surface area (Å²) in [6.07, 6.45) is 5.18. The molecule has 0 bridgehead atoms. The summed E-state index contributed by atoms with van der Waals surface area (Å²) in [5, 5.41) is 12.6. The molecule has 0 spiro atoms. The molecule has 3 heteroatoms. The largest absolute Gasteiger partial charge is 0.381 e. The lowest BCUT2D eigenvalue weighted by Crippen LogP contribution is -2.39. The van der Waals surface area contributed by atoms with Crippen LogP contribution in [0.15, 0.2) is 22.7 Å². The Morgan fingerprint density at radius 3 is 2.55 bits per heavy atom. The van der Waals surface area contributed by atoms with Crippen LogP contribution in [0.1, 0.15) is 52.0 Å². The highest BCUT2D eigenvalue weighted by Crippen LogP contribution is 2.40. The molecule has 1 aliphatic carbocycles. The van der Waals surface area contributed by atoms with E-state index >= 15 is 0 Å². The fourth-order valence-corrected chi connectivity index (χ4v) is 3.73. The van der Waals surface area contributed by atoms with Crippen LogP contribution in [-0.4, -0.2) is 6.04 Å². The van der Waals surface area contributed by atoms with Gasteiger partial charge in [-0.05, 0) is 58.3 Å². The fraction of sp³-hybridized carbons (Fsp3) is 0.588. The second kappa shape index (κ2) is 6.18. The number of rotatable bonds is 2. The maximum Gasteiger partial charge on any atom is 0.0992 e. The van der Waals surface area contributed by atoms with Crippen LogP contribution in [0, 0.1) is 22.7 Å². The van der Waals surface area contributed by atoms with E-state index in [0.29, 0.717) is 22.9 Å². The maximum atomic E-state index is 8.93. The number of benzene rings is 1. The smallest absolute Gasteiger partial charge is 0.0992 e. The minimum Gasteiger partial charge on any atom is -0.381 e. The highest BCUT2D eigenvalue weighted by Gasteiger charge is 2.34. The lowest BCUT2D eigenvalue weighted by Gasteiger charge is -2.41. The van der Waals surface area contributed by atoms with Crippen LogP contribution < -0.4 is 5.32 Å². The second-order valence-corrected chi connectivity index (χ2v) is 7.67. The van der Waals surface area contributed by atoms with E-state index in [1.54, 1.807) is 0 Å². The number of nitriles is 1. The molecule has 2 nitrogen and oxygen atoms in total. The van der Waals surface area contributed by atoms with Gasteiger partial charge in [0, 0.05) is 16.2 Å². The summed E-state index contributed by atoms with van der Waals surface area (Å²) in [7, 11) is 0. The van der Waals surface area contributed by atoms with Gasteiger partial charge in [0.25, 0.3) is 0 Å². The predicted octanol–water partition coefficient (Wildman–Crippen LogP) is 5.34. The van der Waals surface area contributed by atoms with Crippen LogP contribution in [0.5, 0.6) is 0 Å². The number of nitrogens with one attached hydrogen (secondary N) is 1. The maximum absolute atomic E-state index is 8.93. The van der Waals surface area contributed by atoms with Crippen molar-refractivity contribution >= 4 is 21.6 Å². The Morgan fingerprint density at radius 1 is 1.25 bits per heavy atom. The Labute approximate surface area is 130 Å². The molecule has 0 saturated heterocycles. The summed E-state index contributed by atoms with van der Waals surface area (Å²) >= 11 is 3.57. The minimum absolute atomic E-state index is 0.331. The van der Waals surface area contributed by atoms with Gasteiger partial charge in [0.05, 0.1) is 11.6 Å². The van der Waals surface area contributed by atoms with Gasteiger partial charge in [-0.1, -0.05) is 33.6 Å². The third kappa shape index (κ3) is 3.55. The molecule has 2 atom stereocenters. The summed E-state index contributed by atoms with van der Waals surface area (Å²) in [6, 6.07) is 8.47. The summed E-state index contributed by atoms with van der Waals surface area (Å²) in [4.78, 5) is 0. The fourth-order valence-electron chi connectivity index (χ4n) is 3.24. The van der Waals surface area contributed by atoms with Gasteiger partial charge in [0.1, 0.15) is 0 Å². The number of halogens is 1. The standard InChI is InChI=1S/C17H23BrN2/c1-17(2,3)13-6-4-5-7-15(13)20-16-9-8-12(11-19)10-14(16)18/h8-10,13,15,20H,4-7H2,1-3H3. The highest BCUT2D eigenvalue weighted by atomic mass is 79.9. The average Bonchev–Trinajstić information content (AvgIpc) is 2.40. The van der Waals surface area contributed by atoms with E-state index in [2.05, 4.69) is 48.1 Å². The highest BCUT2D eigenvalue weighted by molar-refractivity contribution is 9.10. The Hall–Kier alpha value is -1.01. The Balaban J connectivity index is 2.17. The van der Waals surface area contributed by atoms with Crippen LogP contribution >= 0.6 is 15.9 Å². The summed E-state index contributed by atoms with van der Waals surface area (Å²) in [6.45, 7) is 7.02. The van der Waals surface area contributed by atoms with Crippen molar-refractivity contribution in [2.45, 2.75) is 52.5 Å². The van der Waals surface area contributed by atoms with Crippen LogP contribution in [0.4, 0.5) is 5.69 Å². The van der Waals surface area contributed by atoms with Gasteiger partial charge in [0.2, 0.25) is 0 Å². The first-order valence-corrected chi connectivity index (χ1v) is 8.17. The first-order chi connectivity index (χ1) is 9.41. The molecule has 1 aromatic rings. The van der Waals surface area contributed by atoms with E-state index in [-0.39, 0.29) is 0 Å². The van der Waals surface area contributed by atoms with Crippen LogP contribution in [0.2, 0.25) is 0 Å². The molecule has 2 unspecified atom stereocenters. The summed E-state index contributed by atoms with van der Waals surface area (Å²) in [5.74, 6) is 0.693. The lowest BCUT2D eigenvalue weighted by molar-refractivity contribution is 0.163. The van der Waals surface area contributed by atoms with Gasteiger partial charge in [0.15, 0.2) is 0 Å². The molecule has 0 aliphatic heterocycles. The number of nitrogens with zero attached hydrogens (tertiary/aromatic N) is 1. The topological polar surface area (TPSA) is 35.8 Å². The Kier molecular flexibility index (Phi) is 4.75. The number of hydrogen-bond acceptors (Lipinski definition) is 2. The van der Waals surface area contributed by atoms with E-state index in [1.807, 2.05) is 18.2 Å². The second-order valence-electron chi connectivity index (χ2n) is 6.81. The van der Waals surface area contributed by atoms with Crippen LogP contribution in [0.3, 0.4) is 0 Å². The SMILES string of the molecule is CC(C)(C)C1CCCCC1Nc1ccc(C#N)cc1Br. The molecule has 1 fully saturated rings. The van der Waals surface area contributed by atoms with E-state index in [1.165, 1.54) is 25.7 Å². The molecule has 1 aromatic carbocycles. The minimum atomic E-state index is 0.331. The monoisotopic (exact) mass is 334 g/mol. The lowest BCUT2D eigenvalue weighted by atomic mass is 9.69. The van der Waals surface area contributed by atoms with E-state index in [9.17, 15) is 0 Å². The van der Waals surface area contributed by atoms with Crippen LogP contribution in [-0.2, 0) is 0 Å². The van der Waals surface area contributed by atoms with Gasteiger partial charge in [-0.25, -0.2) is 0 Å². The summed E-state index contributed by atoms with van der Waals surface area (Å²) in [5.41, 5.74) is 2.13. The third-order valence-electron chi connectivity index (χ3n) is 4.32. The zero-order valence-electron chi connectivity index (χ0n) is 12.5. The molecular weight excluding hydrogens is 312 g/mol. The predicted molar refractivity (Wildman–Crippen MR) is 87.7 cm³/mol. The van der Waals surface area contributed by atoms with Crippen molar-refractivity contribution < 1.29 is 0 Å². The zero-order chi connectivity index (χ0) is 14.8. The number of hydrogen-bond donors (Lipinski definition) is 1. The van der Waals surface area contributed by atoms with Crippen molar-refractivity contribution in [2.75, 3.05) is 5.32 Å². The zero-order valence-corrected chi connectivity index (χ0v) is 14.1. The van der Waals surface area contributed by atoms with Gasteiger partial charge in [-0.2, -0.15) is 5.26 Å². The average molecular weight is 335 g/mol. The molecule has 1 saturated carbocycles. The molecule has 0 heterocycles.